The molecule has 9 heteroatoms. The van der Waals surface area contributed by atoms with Crippen molar-refractivity contribution in [1.82, 2.24) is 10.2 Å². The Balaban J connectivity index is 1.85. The smallest absolute Gasteiger partial charge is 0.303 e. The average molecular weight is 414 g/mol. The van der Waals surface area contributed by atoms with E-state index in [1.807, 2.05) is 6.92 Å². The Labute approximate surface area is 169 Å². The van der Waals surface area contributed by atoms with Crippen molar-refractivity contribution in [3.63, 3.8) is 0 Å². The minimum absolute atomic E-state index is 0.128. The van der Waals surface area contributed by atoms with Gasteiger partial charge < -0.3 is 25.6 Å². The van der Waals surface area contributed by atoms with Crippen molar-refractivity contribution in [2.75, 3.05) is 45.1 Å². The van der Waals surface area contributed by atoms with Crippen molar-refractivity contribution in [2.45, 2.75) is 32.3 Å². The number of anilines is 1. The molecule has 0 saturated carbocycles. The monoisotopic (exact) mass is 413 g/mol. The number of benzene rings is 1. The van der Waals surface area contributed by atoms with Crippen LogP contribution in [-0.2, 0) is 9.53 Å². The van der Waals surface area contributed by atoms with Gasteiger partial charge in [-0.2, -0.15) is 0 Å². The van der Waals surface area contributed by atoms with Gasteiger partial charge in [0, 0.05) is 32.1 Å². The van der Waals surface area contributed by atoms with Gasteiger partial charge in [0.1, 0.15) is 5.75 Å². The number of halogens is 1. The van der Waals surface area contributed by atoms with E-state index in [0.29, 0.717) is 54.7 Å². The largest absolute Gasteiger partial charge is 0.493 e. The minimum Gasteiger partial charge on any atom is -0.493 e. The fraction of sp³-hybridized carbons (Fsp3) is 0.579. The van der Waals surface area contributed by atoms with Gasteiger partial charge in [-0.15, -0.1) is 0 Å². The number of ether oxygens (including phenoxy) is 2. The second-order valence-electron chi connectivity index (χ2n) is 6.66. The number of nitrogen functional groups attached to an aromatic ring is 1. The Morgan fingerprint density at radius 1 is 1.43 bits per heavy atom. The van der Waals surface area contributed by atoms with Crippen molar-refractivity contribution < 1.29 is 24.2 Å². The summed E-state index contributed by atoms with van der Waals surface area (Å²) in [5, 5.41) is 11.9. The number of carbonyl (C=O) groups is 2. The molecule has 156 valence electrons. The number of hydrogen-bond donors (Lipinski definition) is 3. The van der Waals surface area contributed by atoms with Crippen LogP contribution >= 0.6 is 11.6 Å². The molecule has 1 aliphatic rings. The molecular formula is C19H28ClN3O5. The van der Waals surface area contributed by atoms with Crippen LogP contribution in [0.25, 0.3) is 0 Å². The van der Waals surface area contributed by atoms with Crippen LogP contribution in [0, 0.1) is 0 Å². The predicted molar refractivity (Wildman–Crippen MR) is 107 cm³/mol. The number of morpholine rings is 1. The van der Waals surface area contributed by atoms with Gasteiger partial charge in [-0.05, 0) is 32.4 Å². The van der Waals surface area contributed by atoms with Crippen molar-refractivity contribution in [3.05, 3.63) is 22.7 Å². The molecule has 1 aliphatic heterocycles. The Bertz CT molecular complexity index is 686. The molecule has 0 bridgehead atoms. The summed E-state index contributed by atoms with van der Waals surface area (Å²) >= 11 is 6.05. The summed E-state index contributed by atoms with van der Waals surface area (Å²) in [6, 6.07) is 3.06. The molecule has 1 fully saturated rings. The summed E-state index contributed by atoms with van der Waals surface area (Å²) in [5.74, 6) is -0.671. The maximum atomic E-state index is 12.6. The molecule has 1 aromatic carbocycles. The van der Waals surface area contributed by atoms with E-state index in [9.17, 15) is 9.59 Å². The summed E-state index contributed by atoms with van der Waals surface area (Å²) in [5.41, 5.74) is 6.48. The molecule has 1 saturated heterocycles. The summed E-state index contributed by atoms with van der Waals surface area (Å²) in [6.45, 7) is 5.49. The maximum Gasteiger partial charge on any atom is 0.303 e. The number of nitrogens with one attached hydrogen (secondary N) is 1. The molecule has 4 N–H and O–H groups in total. The first-order valence-electron chi connectivity index (χ1n) is 9.46. The van der Waals surface area contributed by atoms with Gasteiger partial charge in [-0.1, -0.05) is 11.6 Å². The van der Waals surface area contributed by atoms with Crippen LogP contribution in [0.4, 0.5) is 5.69 Å². The molecule has 1 atom stereocenters. The average Bonchev–Trinajstić information content (AvgIpc) is 2.66. The second-order valence-corrected chi connectivity index (χ2v) is 7.06. The van der Waals surface area contributed by atoms with Gasteiger partial charge in [-0.3, -0.25) is 14.5 Å². The molecular weight excluding hydrogens is 386 g/mol. The zero-order chi connectivity index (χ0) is 20.5. The number of nitrogens with zero attached hydrogens (tertiary/aromatic N) is 1. The minimum atomic E-state index is -0.767. The van der Waals surface area contributed by atoms with Crippen LogP contribution in [0.5, 0.6) is 5.75 Å². The molecule has 2 rings (SSSR count). The Kier molecular flexibility index (Phi) is 8.82. The van der Waals surface area contributed by atoms with Gasteiger partial charge in [0.2, 0.25) is 0 Å². The summed E-state index contributed by atoms with van der Waals surface area (Å²) in [6.07, 6.45) is 1.55. The topological polar surface area (TPSA) is 114 Å². The van der Waals surface area contributed by atoms with E-state index in [-0.39, 0.29) is 18.4 Å². The highest BCUT2D eigenvalue weighted by Crippen LogP contribution is 2.29. The fourth-order valence-electron chi connectivity index (χ4n) is 3.04. The second kappa shape index (κ2) is 11.1. The molecule has 1 aromatic rings. The third-order valence-electron chi connectivity index (χ3n) is 4.47. The number of aliphatic carboxylic acids is 1. The van der Waals surface area contributed by atoms with Crippen molar-refractivity contribution in [3.8, 4) is 5.75 Å². The number of unbranched alkanes of at least 4 members (excludes halogenated alkanes) is 1. The Morgan fingerprint density at radius 3 is 2.93 bits per heavy atom. The highest BCUT2D eigenvalue weighted by Gasteiger charge is 2.22. The predicted octanol–water partition coefficient (Wildman–Crippen LogP) is 2.01. The van der Waals surface area contributed by atoms with Crippen molar-refractivity contribution in [1.29, 1.82) is 0 Å². The van der Waals surface area contributed by atoms with E-state index in [1.165, 1.54) is 6.07 Å². The lowest BCUT2D eigenvalue weighted by molar-refractivity contribution is -0.137. The zero-order valence-corrected chi connectivity index (χ0v) is 16.8. The van der Waals surface area contributed by atoms with Crippen molar-refractivity contribution >= 4 is 29.2 Å². The summed E-state index contributed by atoms with van der Waals surface area (Å²) < 4.78 is 11.2. The molecule has 1 heterocycles. The van der Waals surface area contributed by atoms with E-state index in [2.05, 4.69) is 10.2 Å². The lowest BCUT2D eigenvalue weighted by Crippen LogP contribution is -2.47. The number of hydrogen-bond acceptors (Lipinski definition) is 6. The number of carboxylic acid groups (broad SMARTS) is 1. The Hall–Kier alpha value is -2.03. The van der Waals surface area contributed by atoms with Crippen LogP contribution in [0.1, 0.15) is 36.5 Å². The number of carbonyl (C=O) groups excluding carboxylic acids is 1. The molecule has 28 heavy (non-hydrogen) atoms. The number of carboxylic acids is 1. The summed E-state index contributed by atoms with van der Waals surface area (Å²) in [4.78, 5) is 25.4. The number of rotatable bonds is 10. The van der Waals surface area contributed by atoms with E-state index in [4.69, 9.17) is 31.9 Å². The molecule has 0 aliphatic carbocycles. The molecule has 8 nitrogen and oxygen atoms in total. The van der Waals surface area contributed by atoms with Gasteiger partial charge in [0.25, 0.3) is 5.91 Å². The summed E-state index contributed by atoms with van der Waals surface area (Å²) in [7, 11) is 0. The highest BCUT2D eigenvalue weighted by molar-refractivity contribution is 6.33. The fourth-order valence-corrected chi connectivity index (χ4v) is 3.21. The zero-order valence-electron chi connectivity index (χ0n) is 16.1. The molecule has 1 unspecified atom stereocenters. The normalized spacial score (nSPS) is 17.3. The molecule has 0 radical (unpaired) electrons. The van der Waals surface area contributed by atoms with E-state index in [0.717, 1.165) is 19.5 Å². The first kappa shape index (κ1) is 22.3. The van der Waals surface area contributed by atoms with Crippen LogP contribution < -0.4 is 15.8 Å². The van der Waals surface area contributed by atoms with Crippen LogP contribution in [0.3, 0.4) is 0 Å². The quantitative estimate of drug-likeness (QED) is 0.397. The van der Waals surface area contributed by atoms with Gasteiger partial charge in [0.15, 0.2) is 0 Å². The number of amides is 1. The Morgan fingerprint density at radius 2 is 2.21 bits per heavy atom. The van der Waals surface area contributed by atoms with Crippen LogP contribution in [0.2, 0.25) is 5.02 Å². The molecule has 0 aromatic heterocycles. The standard InChI is InChI=1S/C19H28ClN3O5/c1-2-27-17-10-16(21)15(20)9-14(17)19(26)22-11-13-12-23(7-8-28-13)6-4-3-5-18(24)25/h9-10,13H,2-8,11-12,21H2,1H3,(H,22,26)(H,24,25). The van der Waals surface area contributed by atoms with Gasteiger partial charge in [0.05, 0.1) is 35.6 Å². The lowest BCUT2D eigenvalue weighted by atomic mass is 10.1. The van der Waals surface area contributed by atoms with Gasteiger partial charge in [-0.25, -0.2) is 0 Å². The van der Waals surface area contributed by atoms with Crippen molar-refractivity contribution in [2.24, 2.45) is 0 Å². The third kappa shape index (κ3) is 6.85. The first-order valence-corrected chi connectivity index (χ1v) is 9.84. The lowest BCUT2D eigenvalue weighted by Gasteiger charge is -2.33. The maximum absolute atomic E-state index is 12.6. The first-order chi connectivity index (χ1) is 13.4. The van der Waals surface area contributed by atoms with E-state index >= 15 is 0 Å². The van der Waals surface area contributed by atoms with Crippen LogP contribution in [-0.4, -0.2) is 67.4 Å². The number of nitrogens with two attached hydrogens (primary N) is 1. The van der Waals surface area contributed by atoms with Gasteiger partial charge >= 0.3 is 5.97 Å². The third-order valence-corrected chi connectivity index (χ3v) is 4.80. The van der Waals surface area contributed by atoms with Crippen LogP contribution in [0.15, 0.2) is 12.1 Å². The van der Waals surface area contributed by atoms with E-state index in [1.54, 1.807) is 6.07 Å². The molecule has 1 amide bonds. The SMILES string of the molecule is CCOc1cc(N)c(Cl)cc1C(=O)NCC1CN(CCCCC(=O)O)CCO1. The van der Waals surface area contributed by atoms with E-state index < -0.39 is 5.97 Å². The highest BCUT2D eigenvalue weighted by atomic mass is 35.5. The molecule has 0 spiro atoms.